The Labute approximate surface area is 335 Å². The molecule has 2 heterocycles. The van der Waals surface area contributed by atoms with Gasteiger partial charge >= 0.3 is 12.0 Å². The number of nitrogens with zero attached hydrogens (tertiary/aromatic N) is 4. The normalized spacial score (nSPS) is 18.4. The van der Waals surface area contributed by atoms with Gasteiger partial charge in [0.05, 0.1) is 31.6 Å². The fraction of sp³-hybridized carbons (Fsp3) is 0.250. The SMILES string of the molecule is COC(=O)C(Cc1ccccc1)NC(=O)NCc1cccc(-c2cccc(C3OC(CSc4nnnn4-c4ccccc4)C(C)C(c4ccc(CO)cc4)O3)c2)c1. The zero-order valence-electron chi connectivity index (χ0n) is 31.6. The van der Waals surface area contributed by atoms with E-state index >= 15 is 0 Å². The minimum absolute atomic E-state index is 0.0272. The first-order chi connectivity index (χ1) is 27.9. The zero-order valence-corrected chi connectivity index (χ0v) is 32.4. The third kappa shape index (κ3) is 9.94. The lowest BCUT2D eigenvalue weighted by Gasteiger charge is -2.41. The van der Waals surface area contributed by atoms with Crippen LogP contribution in [-0.4, -0.2) is 62.3 Å². The van der Waals surface area contributed by atoms with Gasteiger partial charge in [-0.1, -0.05) is 128 Å². The Balaban J connectivity index is 1.06. The fourth-order valence-electron chi connectivity index (χ4n) is 6.77. The average Bonchev–Trinajstić information content (AvgIpc) is 3.74. The Kier molecular flexibility index (Phi) is 13.0. The standard InChI is InChI=1S/C44H44N6O6S/c1-29-39(28-57-44-47-48-49-50(44)37-17-7-4-8-18-37)55-42(56-40(29)33-21-19-31(27-51)20-22-33)36-16-10-15-35(25-36)34-14-9-13-32(23-34)26-45-43(53)46-38(41(52)54-2)24-30-11-5-3-6-12-30/h3-23,25,29,38-40,42,51H,24,26-28H2,1-2H3,(H2,45,46,53). The molecule has 7 rings (SSSR count). The van der Waals surface area contributed by atoms with Crippen molar-refractivity contribution in [1.82, 2.24) is 30.8 Å². The van der Waals surface area contributed by atoms with Gasteiger partial charge in [-0.25, -0.2) is 9.59 Å². The number of thioether (sulfide) groups is 1. The highest BCUT2D eigenvalue weighted by atomic mass is 32.2. The molecule has 1 aromatic heterocycles. The summed E-state index contributed by atoms with van der Waals surface area (Å²) in [6.45, 7) is 2.33. The molecular weight excluding hydrogens is 741 g/mol. The second-order valence-corrected chi connectivity index (χ2v) is 14.7. The smallest absolute Gasteiger partial charge is 0.328 e. The second-order valence-electron chi connectivity index (χ2n) is 13.8. The van der Waals surface area contributed by atoms with Gasteiger partial charge < -0.3 is 30.0 Å². The lowest BCUT2D eigenvalue weighted by atomic mass is 9.91. The van der Waals surface area contributed by atoms with Gasteiger partial charge in [0.25, 0.3) is 0 Å². The maximum Gasteiger partial charge on any atom is 0.328 e. The van der Waals surface area contributed by atoms with Crippen molar-refractivity contribution in [2.24, 2.45) is 5.92 Å². The molecule has 1 saturated heterocycles. The maximum atomic E-state index is 12.9. The lowest BCUT2D eigenvalue weighted by Crippen LogP contribution is -2.47. The molecule has 5 aromatic carbocycles. The Hall–Kier alpha value is -5.86. The molecule has 5 atom stereocenters. The second kappa shape index (κ2) is 18.9. The van der Waals surface area contributed by atoms with Crippen LogP contribution >= 0.6 is 11.8 Å². The number of methoxy groups -OCH3 is 1. The third-order valence-corrected chi connectivity index (χ3v) is 10.9. The summed E-state index contributed by atoms with van der Waals surface area (Å²) in [7, 11) is 1.31. The van der Waals surface area contributed by atoms with Crippen LogP contribution < -0.4 is 10.6 Å². The molecule has 0 radical (unpaired) electrons. The summed E-state index contributed by atoms with van der Waals surface area (Å²) >= 11 is 1.53. The van der Waals surface area contributed by atoms with Crippen molar-refractivity contribution in [2.75, 3.05) is 12.9 Å². The Morgan fingerprint density at radius 3 is 2.26 bits per heavy atom. The van der Waals surface area contributed by atoms with Crippen molar-refractivity contribution < 1.29 is 28.9 Å². The first-order valence-electron chi connectivity index (χ1n) is 18.7. The van der Waals surface area contributed by atoms with Gasteiger partial charge in [0.2, 0.25) is 5.16 Å². The van der Waals surface area contributed by atoms with Crippen molar-refractivity contribution in [2.45, 2.75) is 56.2 Å². The average molecular weight is 785 g/mol. The number of aliphatic hydroxyl groups excluding tert-OH is 1. The van der Waals surface area contributed by atoms with Crippen molar-refractivity contribution in [3.8, 4) is 16.8 Å². The Morgan fingerprint density at radius 1 is 0.825 bits per heavy atom. The number of amides is 2. The van der Waals surface area contributed by atoms with E-state index < -0.39 is 24.3 Å². The summed E-state index contributed by atoms with van der Waals surface area (Å²) in [6.07, 6.45) is -0.882. The van der Waals surface area contributed by atoms with Gasteiger partial charge in [-0.2, -0.15) is 4.68 Å². The number of carbonyl (C=O) groups is 2. The van der Waals surface area contributed by atoms with Crippen molar-refractivity contribution >= 4 is 23.8 Å². The molecule has 0 aliphatic carbocycles. The predicted molar refractivity (Wildman–Crippen MR) is 216 cm³/mol. The molecule has 292 valence electrons. The highest BCUT2D eigenvalue weighted by Gasteiger charge is 2.39. The van der Waals surface area contributed by atoms with Crippen LogP contribution in [0.4, 0.5) is 4.79 Å². The van der Waals surface area contributed by atoms with Crippen molar-refractivity contribution in [3.63, 3.8) is 0 Å². The number of para-hydroxylation sites is 1. The fourth-order valence-corrected chi connectivity index (χ4v) is 7.82. The lowest BCUT2D eigenvalue weighted by molar-refractivity contribution is -0.268. The van der Waals surface area contributed by atoms with E-state index in [4.69, 9.17) is 14.2 Å². The molecule has 0 spiro atoms. The van der Waals surface area contributed by atoms with Crippen LogP contribution in [0.15, 0.2) is 139 Å². The number of aromatic nitrogens is 4. The van der Waals surface area contributed by atoms with Crippen LogP contribution in [0.25, 0.3) is 16.8 Å². The number of nitrogens with one attached hydrogen (secondary N) is 2. The van der Waals surface area contributed by atoms with Gasteiger partial charge in [0, 0.05) is 30.2 Å². The summed E-state index contributed by atoms with van der Waals surface area (Å²) in [5.74, 6) is 0.0340. The molecular formula is C44H44N6O6S. The summed E-state index contributed by atoms with van der Waals surface area (Å²) in [4.78, 5) is 25.4. The molecule has 5 unspecified atom stereocenters. The number of rotatable bonds is 14. The number of ether oxygens (including phenoxy) is 3. The minimum Gasteiger partial charge on any atom is -0.467 e. The van der Waals surface area contributed by atoms with Gasteiger partial charge in [-0.05, 0) is 68.1 Å². The first kappa shape index (κ1) is 39.4. The number of aliphatic hydroxyl groups is 1. The van der Waals surface area contributed by atoms with E-state index in [0.29, 0.717) is 17.3 Å². The zero-order chi connectivity index (χ0) is 39.6. The van der Waals surface area contributed by atoms with Gasteiger partial charge in [-0.15, -0.1) is 5.10 Å². The molecule has 1 fully saturated rings. The number of esters is 1. The monoisotopic (exact) mass is 784 g/mol. The highest BCUT2D eigenvalue weighted by Crippen LogP contribution is 2.43. The molecule has 1 aliphatic rings. The molecule has 0 saturated carbocycles. The van der Waals surface area contributed by atoms with E-state index in [9.17, 15) is 14.7 Å². The number of tetrazole rings is 1. The van der Waals surface area contributed by atoms with E-state index in [0.717, 1.165) is 44.6 Å². The van der Waals surface area contributed by atoms with Gasteiger partial charge in [0.1, 0.15) is 6.04 Å². The van der Waals surface area contributed by atoms with E-state index in [2.05, 4.69) is 39.1 Å². The van der Waals surface area contributed by atoms with E-state index in [1.54, 1.807) is 4.68 Å². The quantitative estimate of drug-likeness (QED) is 0.0780. The molecule has 12 nitrogen and oxygen atoms in total. The summed E-state index contributed by atoms with van der Waals surface area (Å²) in [5, 5.41) is 28.4. The Bertz CT molecular complexity index is 2240. The van der Waals surface area contributed by atoms with Crippen LogP contribution in [0.5, 0.6) is 0 Å². The number of urea groups is 1. The summed E-state index contributed by atoms with van der Waals surface area (Å²) < 4.78 is 20.2. The van der Waals surface area contributed by atoms with Crippen LogP contribution in [0.1, 0.15) is 47.1 Å². The van der Waals surface area contributed by atoms with Crippen LogP contribution in [0, 0.1) is 5.92 Å². The van der Waals surface area contributed by atoms with Crippen LogP contribution in [0.3, 0.4) is 0 Å². The molecule has 0 bridgehead atoms. The molecule has 2 amide bonds. The van der Waals surface area contributed by atoms with Crippen molar-refractivity contribution in [3.05, 3.63) is 161 Å². The summed E-state index contributed by atoms with van der Waals surface area (Å²) in [5.41, 5.74) is 7.25. The summed E-state index contributed by atoms with van der Waals surface area (Å²) in [6, 6.07) is 41.8. The number of hydrogen-bond donors (Lipinski definition) is 3. The van der Waals surface area contributed by atoms with E-state index in [1.165, 1.54) is 18.9 Å². The highest BCUT2D eigenvalue weighted by molar-refractivity contribution is 7.99. The number of hydrogen-bond acceptors (Lipinski definition) is 10. The van der Waals surface area contributed by atoms with Crippen LogP contribution in [0.2, 0.25) is 0 Å². The van der Waals surface area contributed by atoms with E-state index in [-0.39, 0.29) is 31.3 Å². The first-order valence-corrected chi connectivity index (χ1v) is 19.7. The van der Waals surface area contributed by atoms with Crippen molar-refractivity contribution in [1.29, 1.82) is 0 Å². The number of carbonyl (C=O) groups excluding carboxylic acids is 2. The van der Waals surface area contributed by atoms with Gasteiger partial charge in [0.15, 0.2) is 6.29 Å². The number of benzene rings is 5. The van der Waals surface area contributed by atoms with E-state index in [1.807, 2.05) is 127 Å². The largest absolute Gasteiger partial charge is 0.467 e. The molecule has 13 heteroatoms. The predicted octanol–water partition coefficient (Wildman–Crippen LogP) is 6.99. The third-order valence-electron chi connectivity index (χ3n) is 9.89. The minimum atomic E-state index is -0.831. The molecule has 6 aromatic rings. The molecule has 3 N–H and O–H groups in total. The maximum absolute atomic E-state index is 12.9. The Morgan fingerprint density at radius 2 is 1.53 bits per heavy atom. The molecule has 1 aliphatic heterocycles. The van der Waals surface area contributed by atoms with Gasteiger partial charge in [-0.3, -0.25) is 0 Å². The van der Waals surface area contributed by atoms with Crippen LogP contribution in [-0.2, 0) is 38.6 Å². The topological polar surface area (TPSA) is 150 Å². The molecule has 57 heavy (non-hydrogen) atoms.